The summed E-state index contributed by atoms with van der Waals surface area (Å²) in [6.45, 7) is 2.41. The minimum Gasteiger partial charge on any atom is -0.481 e. The largest absolute Gasteiger partial charge is 0.481 e. The predicted octanol–water partition coefficient (Wildman–Crippen LogP) is 3.38. The molecule has 1 aliphatic rings. The monoisotopic (exact) mass is 451 g/mol. The molecule has 0 radical (unpaired) electrons. The molecule has 6 heteroatoms. The molecule has 2 atom stereocenters. The fourth-order valence-electron chi connectivity index (χ4n) is 2.51. The molecule has 0 bridgehead atoms. The van der Waals surface area contributed by atoms with Gasteiger partial charge in [0, 0.05) is 20.6 Å². The number of benzene rings is 1. The number of hydrogen-bond acceptors (Lipinski definition) is 2. The van der Waals surface area contributed by atoms with E-state index in [0.29, 0.717) is 24.9 Å². The van der Waals surface area contributed by atoms with Gasteiger partial charge < -0.3 is 10.0 Å². The SMILES string of the molecule is CC1CC(C(=O)O)CCN1C(=O)c1cc(I)ccc1Br. The first kappa shape index (κ1) is 15.8. The summed E-state index contributed by atoms with van der Waals surface area (Å²) in [6, 6.07) is 5.59. The Labute approximate surface area is 139 Å². The van der Waals surface area contributed by atoms with Gasteiger partial charge in [-0.25, -0.2) is 0 Å². The Balaban J connectivity index is 2.18. The lowest BCUT2D eigenvalue weighted by Crippen LogP contribution is -2.46. The van der Waals surface area contributed by atoms with Gasteiger partial charge in [-0.1, -0.05) is 0 Å². The van der Waals surface area contributed by atoms with Crippen LogP contribution in [0.1, 0.15) is 30.1 Å². The lowest BCUT2D eigenvalue weighted by Gasteiger charge is -2.36. The molecule has 1 N–H and O–H groups in total. The number of aliphatic carboxylic acids is 1. The zero-order valence-corrected chi connectivity index (χ0v) is 14.7. The summed E-state index contributed by atoms with van der Waals surface area (Å²) in [7, 11) is 0. The minimum atomic E-state index is -0.764. The quantitative estimate of drug-likeness (QED) is 0.701. The Morgan fingerprint density at radius 3 is 2.75 bits per heavy atom. The van der Waals surface area contributed by atoms with E-state index in [9.17, 15) is 9.59 Å². The van der Waals surface area contributed by atoms with Gasteiger partial charge in [0.1, 0.15) is 0 Å². The molecule has 1 amide bonds. The molecular formula is C14H15BrINO3. The molecule has 1 saturated heterocycles. The highest BCUT2D eigenvalue weighted by Crippen LogP contribution is 2.27. The summed E-state index contributed by atoms with van der Waals surface area (Å²) in [4.78, 5) is 25.4. The molecule has 0 aliphatic carbocycles. The maximum Gasteiger partial charge on any atom is 0.306 e. The van der Waals surface area contributed by atoms with Crippen LogP contribution in [0.2, 0.25) is 0 Å². The summed E-state index contributed by atoms with van der Waals surface area (Å²) >= 11 is 5.58. The number of carbonyl (C=O) groups is 2. The second-order valence-electron chi connectivity index (χ2n) is 5.03. The summed E-state index contributed by atoms with van der Waals surface area (Å²) in [6.07, 6.45) is 1.04. The number of nitrogens with zero attached hydrogens (tertiary/aromatic N) is 1. The maximum absolute atomic E-state index is 12.6. The van der Waals surface area contributed by atoms with Crippen LogP contribution in [0.4, 0.5) is 0 Å². The van der Waals surface area contributed by atoms with E-state index in [1.165, 1.54) is 0 Å². The molecule has 4 nitrogen and oxygen atoms in total. The van der Waals surface area contributed by atoms with Gasteiger partial charge in [-0.05, 0) is 76.5 Å². The highest BCUT2D eigenvalue weighted by atomic mass is 127. The molecule has 2 rings (SSSR count). The van der Waals surface area contributed by atoms with Crippen molar-refractivity contribution in [1.29, 1.82) is 0 Å². The van der Waals surface area contributed by atoms with Crippen molar-refractivity contribution in [3.05, 3.63) is 31.8 Å². The van der Waals surface area contributed by atoms with Gasteiger partial charge in [-0.15, -0.1) is 0 Å². The average molecular weight is 452 g/mol. The van der Waals surface area contributed by atoms with Gasteiger partial charge in [0.25, 0.3) is 5.91 Å². The van der Waals surface area contributed by atoms with Gasteiger partial charge in [0.2, 0.25) is 0 Å². The summed E-state index contributed by atoms with van der Waals surface area (Å²) in [5, 5.41) is 9.07. The van der Waals surface area contributed by atoms with Crippen LogP contribution in [0.5, 0.6) is 0 Å². The van der Waals surface area contributed by atoms with Crippen LogP contribution >= 0.6 is 38.5 Å². The third kappa shape index (κ3) is 3.33. The number of likely N-dealkylation sites (tertiary alicyclic amines) is 1. The molecule has 1 aromatic carbocycles. The standard InChI is InChI=1S/C14H15BrINO3/c1-8-6-9(14(19)20)4-5-17(8)13(18)11-7-10(16)2-3-12(11)15/h2-3,7-9H,4-6H2,1H3,(H,19,20). The molecule has 20 heavy (non-hydrogen) atoms. The van der Waals surface area contributed by atoms with Crippen LogP contribution in [-0.4, -0.2) is 34.5 Å². The normalized spacial score (nSPS) is 22.6. The molecular weight excluding hydrogens is 437 g/mol. The zero-order valence-electron chi connectivity index (χ0n) is 11.0. The van der Waals surface area contributed by atoms with Crippen molar-refractivity contribution in [3.8, 4) is 0 Å². The van der Waals surface area contributed by atoms with E-state index < -0.39 is 5.97 Å². The van der Waals surface area contributed by atoms with Crippen LogP contribution in [0, 0.1) is 9.49 Å². The molecule has 0 spiro atoms. The first-order chi connectivity index (χ1) is 9.40. The number of carboxylic acid groups (broad SMARTS) is 1. The van der Waals surface area contributed by atoms with Crippen molar-refractivity contribution in [3.63, 3.8) is 0 Å². The highest BCUT2D eigenvalue weighted by Gasteiger charge is 2.33. The van der Waals surface area contributed by atoms with E-state index >= 15 is 0 Å². The van der Waals surface area contributed by atoms with Gasteiger partial charge >= 0.3 is 5.97 Å². The number of hydrogen-bond donors (Lipinski definition) is 1. The van der Waals surface area contributed by atoms with Crippen molar-refractivity contribution in [2.24, 2.45) is 5.92 Å². The molecule has 108 valence electrons. The van der Waals surface area contributed by atoms with Crippen molar-refractivity contribution >= 4 is 50.4 Å². The topological polar surface area (TPSA) is 57.6 Å². The molecule has 1 aromatic rings. The van der Waals surface area contributed by atoms with Crippen LogP contribution in [0.3, 0.4) is 0 Å². The Hall–Kier alpha value is -0.630. The van der Waals surface area contributed by atoms with E-state index in [-0.39, 0.29) is 17.9 Å². The van der Waals surface area contributed by atoms with Crippen molar-refractivity contribution in [2.75, 3.05) is 6.54 Å². The fourth-order valence-corrected chi connectivity index (χ4v) is 3.42. The molecule has 1 aliphatic heterocycles. The van der Waals surface area contributed by atoms with Crippen LogP contribution in [0.25, 0.3) is 0 Å². The van der Waals surface area contributed by atoms with E-state index in [4.69, 9.17) is 5.11 Å². The van der Waals surface area contributed by atoms with Crippen LogP contribution in [-0.2, 0) is 4.79 Å². The molecule has 2 unspecified atom stereocenters. The second-order valence-corrected chi connectivity index (χ2v) is 7.13. The lowest BCUT2D eigenvalue weighted by atomic mass is 9.91. The first-order valence-corrected chi connectivity index (χ1v) is 8.26. The first-order valence-electron chi connectivity index (χ1n) is 6.39. The second kappa shape index (κ2) is 6.43. The van der Waals surface area contributed by atoms with E-state index in [1.54, 1.807) is 4.90 Å². The van der Waals surface area contributed by atoms with E-state index in [2.05, 4.69) is 38.5 Å². The highest BCUT2D eigenvalue weighted by molar-refractivity contribution is 14.1. The smallest absolute Gasteiger partial charge is 0.306 e. The fraction of sp³-hybridized carbons (Fsp3) is 0.429. The van der Waals surface area contributed by atoms with Crippen LogP contribution < -0.4 is 0 Å². The molecule has 0 saturated carbocycles. The average Bonchev–Trinajstić information content (AvgIpc) is 2.40. The Bertz CT molecular complexity index is 549. The maximum atomic E-state index is 12.6. The van der Waals surface area contributed by atoms with Gasteiger partial charge in [-0.3, -0.25) is 9.59 Å². The Morgan fingerprint density at radius 1 is 1.45 bits per heavy atom. The van der Waals surface area contributed by atoms with Gasteiger partial charge in [0.05, 0.1) is 11.5 Å². The molecule has 1 fully saturated rings. The predicted molar refractivity (Wildman–Crippen MR) is 87.7 cm³/mol. The van der Waals surface area contributed by atoms with E-state index in [1.807, 2.05) is 25.1 Å². The number of halogens is 2. The Kier molecular flexibility index (Phi) is 5.06. The molecule has 0 aromatic heterocycles. The lowest BCUT2D eigenvalue weighted by molar-refractivity contribution is -0.143. The van der Waals surface area contributed by atoms with Crippen LogP contribution in [0.15, 0.2) is 22.7 Å². The number of amides is 1. The van der Waals surface area contributed by atoms with Crippen molar-refractivity contribution in [1.82, 2.24) is 4.90 Å². The number of carbonyl (C=O) groups excluding carboxylic acids is 1. The summed E-state index contributed by atoms with van der Waals surface area (Å²) in [5.74, 6) is -1.14. The van der Waals surface area contributed by atoms with Gasteiger partial charge in [-0.2, -0.15) is 0 Å². The van der Waals surface area contributed by atoms with Crippen molar-refractivity contribution in [2.45, 2.75) is 25.8 Å². The van der Waals surface area contributed by atoms with Gasteiger partial charge in [0.15, 0.2) is 0 Å². The number of rotatable bonds is 2. The van der Waals surface area contributed by atoms with Crippen molar-refractivity contribution < 1.29 is 14.7 Å². The Morgan fingerprint density at radius 2 is 2.15 bits per heavy atom. The number of piperidine rings is 1. The number of carboxylic acids is 1. The minimum absolute atomic E-state index is 0.0354. The third-order valence-electron chi connectivity index (χ3n) is 3.65. The third-order valence-corrected chi connectivity index (χ3v) is 5.01. The molecule has 1 heterocycles. The zero-order chi connectivity index (χ0) is 14.9. The summed E-state index contributed by atoms with van der Waals surface area (Å²) < 4.78 is 1.78. The van der Waals surface area contributed by atoms with E-state index in [0.717, 1.165) is 8.04 Å². The summed E-state index contributed by atoms with van der Waals surface area (Å²) in [5.41, 5.74) is 0.637.